The highest BCUT2D eigenvalue weighted by Crippen LogP contribution is 2.38. The maximum Gasteiger partial charge on any atom is 0.309 e. The summed E-state index contributed by atoms with van der Waals surface area (Å²) in [7, 11) is 1.49. The van der Waals surface area contributed by atoms with E-state index in [2.05, 4.69) is 31.2 Å². The van der Waals surface area contributed by atoms with Crippen molar-refractivity contribution in [2.24, 2.45) is 5.92 Å². The summed E-state index contributed by atoms with van der Waals surface area (Å²) in [4.78, 5) is 11.8. The molecule has 2 unspecified atom stereocenters. The average molecular weight is 232 g/mol. The molecule has 0 amide bonds. The zero-order valence-electron chi connectivity index (χ0n) is 10.6. The summed E-state index contributed by atoms with van der Waals surface area (Å²) in [5.74, 6) is 0.350. The van der Waals surface area contributed by atoms with Gasteiger partial charge < -0.3 is 4.74 Å². The second-order valence-corrected chi connectivity index (χ2v) is 4.93. The van der Waals surface area contributed by atoms with Crippen molar-refractivity contribution in [1.82, 2.24) is 0 Å². The Morgan fingerprint density at radius 1 is 1.29 bits per heavy atom. The minimum absolute atomic E-state index is 0.0452. The van der Waals surface area contributed by atoms with Crippen LogP contribution in [0.15, 0.2) is 24.3 Å². The van der Waals surface area contributed by atoms with E-state index < -0.39 is 0 Å². The van der Waals surface area contributed by atoms with Crippen LogP contribution >= 0.6 is 0 Å². The number of carbonyl (C=O) groups excluding carboxylic acids is 1. The smallest absolute Gasteiger partial charge is 0.309 e. The Morgan fingerprint density at radius 2 is 2.06 bits per heavy atom. The van der Waals surface area contributed by atoms with Crippen LogP contribution in [0, 0.1) is 12.8 Å². The molecule has 1 aromatic rings. The second kappa shape index (κ2) is 5.35. The summed E-state index contributed by atoms with van der Waals surface area (Å²) < 4.78 is 4.93. The summed E-state index contributed by atoms with van der Waals surface area (Å²) in [5.41, 5.74) is 2.55. The predicted molar refractivity (Wildman–Crippen MR) is 67.9 cm³/mol. The van der Waals surface area contributed by atoms with Crippen molar-refractivity contribution >= 4 is 5.97 Å². The lowest BCUT2D eigenvalue weighted by Crippen LogP contribution is -2.26. The van der Waals surface area contributed by atoms with E-state index in [1.807, 2.05) is 0 Å². The van der Waals surface area contributed by atoms with Crippen molar-refractivity contribution in [3.8, 4) is 0 Å². The number of rotatable bonds is 2. The molecule has 1 saturated carbocycles. The van der Waals surface area contributed by atoms with E-state index in [0.717, 1.165) is 19.3 Å². The van der Waals surface area contributed by atoms with E-state index >= 15 is 0 Å². The van der Waals surface area contributed by atoms with Gasteiger partial charge in [-0.05, 0) is 31.2 Å². The average Bonchev–Trinajstić information content (AvgIpc) is 2.38. The van der Waals surface area contributed by atoms with Crippen LogP contribution < -0.4 is 0 Å². The van der Waals surface area contributed by atoms with Crippen LogP contribution in [-0.2, 0) is 9.53 Å². The van der Waals surface area contributed by atoms with E-state index in [4.69, 9.17) is 4.74 Å². The molecule has 0 spiro atoms. The van der Waals surface area contributed by atoms with Gasteiger partial charge >= 0.3 is 5.97 Å². The van der Waals surface area contributed by atoms with E-state index in [1.165, 1.54) is 24.7 Å². The van der Waals surface area contributed by atoms with Gasteiger partial charge in [-0.25, -0.2) is 0 Å². The molecule has 0 saturated heterocycles. The minimum atomic E-state index is -0.0452. The quantitative estimate of drug-likeness (QED) is 0.730. The Labute approximate surface area is 103 Å². The Morgan fingerprint density at radius 3 is 2.76 bits per heavy atom. The van der Waals surface area contributed by atoms with Crippen molar-refractivity contribution < 1.29 is 9.53 Å². The fourth-order valence-corrected chi connectivity index (χ4v) is 2.86. The van der Waals surface area contributed by atoms with Crippen LogP contribution in [-0.4, -0.2) is 13.1 Å². The van der Waals surface area contributed by atoms with E-state index in [0.29, 0.717) is 5.92 Å². The molecule has 1 aliphatic rings. The fraction of sp³-hybridized carbons (Fsp3) is 0.533. The summed E-state index contributed by atoms with van der Waals surface area (Å²) in [5, 5.41) is 0. The van der Waals surface area contributed by atoms with Gasteiger partial charge in [0.1, 0.15) is 0 Å². The first-order valence-electron chi connectivity index (χ1n) is 6.37. The van der Waals surface area contributed by atoms with Crippen molar-refractivity contribution in [1.29, 1.82) is 0 Å². The van der Waals surface area contributed by atoms with Gasteiger partial charge in [0, 0.05) is 0 Å². The van der Waals surface area contributed by atoms with Crippen molar-refractivity contribution in [3.05, 3.63) is 35.4 Å². The van der Waals surface area contributed by atoms with Crippen LogP contribution in [0.25, 0.3) is 0 Å². The number of benzene rings is 1. The molecule has 2 rings (SSSR count). The van der Waals surface area contributed by atoms with Gasteiger partial charge in [0.25, 0.3) is 0 Å². The van der Waals surface area contributed by atoms with E-state index in [-0.39, 0.29) is 11.9 Å². The third-order valence-electron chi connectivity index (χ3n) is 3.74. The molecule has 1 aromatic carbocycles. The molecular weight excluding hydrogens is 212 g/mol. The molecule has 2 nitrogen and oxygen atoms in total. The topological polar surface area (TPSA) is 26.3 Å². The maximum atomic E-state index is 11.8. The normalized spacial score (nSPS) is 24.4. The molecule has 0 aromatic heterocycles. The number of carbonyl (C=O) groups is 1. The lowest BCUT2D eigenvalue weighted by atomic mass is 9.75. The molecular formula is C15H20O2. The van der Waals surface area contributed by atoms with Gasteiger partial charge in [-0.2, -0.15) is 0 Å². The van der Waals surface area contributed by atoms with Crippen LogP contribution in [0.4, 0.5) is 0 Å². The summed E-state index contributed by atoms with van der Waals surface area (Å²) in [6, 6.07) is 8.51. The lowest BCUT2D eigenvalue weighted by molar-refractivity contribution is -0.147. The monoisotopic (exact) mass is 232 g/mol. The fourth-order valence-electron chi connectivity index (χ4n) is 2.86. The molecule has 1 fully saturated rings. The molecule has 0 aliphatic heterocycles. The maximum absolute atomic E-state index is 11.8. The number of hydrogen-bond acceptors (Lipinski definition) is 2. The molecule has 1 aliphatic carbocycles. The largest absolute Gasteiger partial charge is 0.469 e. The van der Waals surface area contributed by atoms with E-state index in [9.17, 15) is 4.79 Å². The Bertz CT molecular complexity index is 398. The molecule has 2 atom stereocenters. The SMILES string of the molecule is COC(=O)C1CCCCC1c1cccc(C)c1. The number of ether oxygens (including phenoxy) is 1. The number of methoxy groups -OCH3 is 1. The van der Waals surface area contributed by atoms with Gasteiger partial charge in [-0.15, -0.1) is 0 Å². The first kappa shape index (κ1) is 12.2. The summed E-state index contributed by atoms with van der Waals surface area (Å²) >= 11 is 0. The van der Waals surface area contributed by atoms with Gasteiger partial charge in [0.05, 0.1) is 13.0 Å². The predicted octanol–water partition coefficient (Wildman–Crippen LogP) is 3.44. The second-order valence-electron chi connectivity index (χ2n) is 4.93. The zero-order chi connectivity index (χ0) is 12.3. The van der Waals surface area contributed by atoms with Crippen LogP contribution in [0.1, 0.15) is 42.7 Å². The van der Waals surface area contributed by atoms with Crippen molar-refractivity contribution in [3.63, 3.8) is 0 Å². The minimum Gasteiger partial charge on any atom is -0.469 e. The first-order valence-corrected chi connectivity index (χ1v) is 6.37. The Hall–Kier alpha value is -1.31. The van der Waals surface area contributed by atoms with Crippen LogP contribution in [0.2, 0.25) is 0 Å². The summed E-state index contributed by atoms with van der Waals surface area (Å²) in [6.45, 7) is 2.10. The standard InChI is InChI=1S/C15H20O2/c1-11-6-5-7-12(10-11)13-8-3-4-9-14(13)15(16)17-2/h5-7,10,13-14H,3-4,8-9H2,1-2H3. The highest BCUT2D eigenvalue weighted by Gasteiger charge is 2.32. The van der Waals surface area contributed by atoms with Gasteiger partial charge in [0.15, 0.2) is 0 Å². The molecule has 2 heteroatoms. The third kappa shape index (κ3) is 2.68. The lowest BCUT2D eigenvalue weighted by Gasteiger charge is -2.30. The van der Waals surface area contributed by atoms with E-state index in [1.54, 1.807) is 0 Å². The molecule has 0 radical (unpaired) electrons. The Balaban J connectivity index is 2.24. The highest BCUT2D eigenvalue weighted by atomic mass is 16.5. The molecule has 0 heterocycles. The van der Waals surface area contributed by atoms with Crippen molar-refractivity contribution in [2.45, 2.75) is 38.5 Å². The molecule has 17 heavy (non-hydrogen) atoms. The molecule has 0 N–H and O–H groups in total. The van der Waals surface area contributed by atoms with Gasteiger partial charge in [0.2, 0.25) is 0 Å². The highest BCUT2D eigenvalue weighted by molar-refractivity contribution is 5.73. The van der Waals surface area contributed by atoms with Crippen LogP contribution in [0.5, 0.6) is 0 Å². The van der Waals surface area contributed by atoms with Gasteiger partial charge in [-0.1, -0.05) is 42.7 Å². The Kier molecular flexibility index (Phi) is 3.82. The third-order valence-corrected chi connectivity index (χ3v) is 3.74. The summed E-state index contributed by atoms with van der Waals surface area (Å²) in [6.07, 6.45) is 4.42. The molecule has 0 bridgehead atoms. The van der Waals surface area contributed by atoms with Gasteiger partial charge in [-0.3, -0.25) is 4.79 Å². The molecule has 92 valence electrons. The number of esters is 1. The number of hydrogen-bond donors (Lipinski definition) is 0. The first-order chi connectivity index (χ1) is 8.22. The van der Waals surface area contributed by atoms with Crippen LogP contribution in [0.3, 0.4) is 0 Å². The number of aryl methyl sites for hydroxylation is 1. The van der Waals surface area contributed by atoms with Crippen molar-refractivity contribution in [2.75, 3.05) is 7.11 Å². The zero-order valence-corrected chi connectivity index (χ0v) is 10.6.